The smallest absolute Gasteiger partial charge is 0.270 e. The van der Waals surface area contributed by atoms with Crippen molar-refractivity contribution in [3.8, 4) is 0 Å². The van der Waals surface area contributed by atoms with Gasteiger partial charge in [0.05, 0.1) is 5.69 Å². The van der Waals surface area contributed by atoms with Gasteiger partial charge in [0.15, 0.2) is 5.11 Å². The van der Waals surface area contributed by atoms with Gasteiger partial charge in [0.2, 0.25) is 0 Å². The summed E-state index contributed by atoms with van der Waals surface area (Å²) >= 11 is 5.37. The van der Waals surface area contributed by atoms with Gasteiger partial charge in [0.1, 0.15) is 5.57 Å². The first-order valence-electron chi connectivity index (χ1n) is 11.8. The quantitative estimate of drug-likeness (QED) is 0.355. The lowest BCUT2D eigenvalue weighted by Crippen LogP contribution is -2.54. The molecule has 6 heteroatoms. The average molecular weight is 476 g/mol. The predicted octanol–water partition coefficient (Wildman–Crippen LogP) is 5.64. The van der Waals surface area contributed by atoms with Gasteiger partial charge in [-0.15, -0.1) is 0 Å². The van der Waals surface area contributed by atoms with Crippen LogP contribution in [0.2, 0.25) is 0 Å². The maximum Gasteiger partial charge on any atom is 0.270 e. The number of benzene rings is 2. The molecule has 0 radical (unpaired) electrons. The van der Waals surface area contributed by atoms with Gasteiger partial charge < -0.3 is 4.90 Å². The van der Waals surface area contributed by atoms with E-state index in [0.29, 0.717) is 17.6 Å². The van der Waals surface area contributed by atoms with Gasteiger partial charge in [-0.3, -0.25) is 19.8 Å². The highest BCUT2D eigenvalue weighted by atomic mass is 32.1. The molecule has 1 atom stereocenters. The van der Waals surface area contributed by atoms with E-state index in [1.165, 1.54) is 16.2 Å². The van der Waals surface area contributed by atoms with E-state index in [0.717, 1.165) is 23.1 Å². The zero-order chi connectivity index (χ0) is 24.9. The van der Waals surface area contributed by atoms with Crippen LogP contribution in [0.3, 0.4) is 0 Å². The molecule has 4 rings (SSSR count). The number of rotatable bonds is 3. The Balaban J connectivity index is 1.75. The number of amides is 2. The van der Waals surface area contributed by atoms with Crippen molar-refractivity contribution in [1.29, 1.82) is 0 Å². The zero-order valence-electron chi connectivity index (χ0n) is 21.0. The molecule has 34 heavy (non-hydrogen) atoms. The van der Waals surface area contributed by atoms with Crippen LogP contribution in [-0.2, 0) is 9.59 Å². The summed E-state index contributed by atoms with van der Waals surface area (Å²) in [5, 5.41) is 2.80. The monoisotopic (exact) mass is 475 g/mol. The van der Waals surface area contributed by atoms with Crippen molar-refractivity contribution < 1.29 is 9.59 Å². The first kappa shape index (κ1) is 24.1. The van der Waals surface area contributed by atoms with Crippen molar-refractivity contribution in [2.24, 2.45) is 0 Å². The molecule has 2 aromatic carbocycles. The van der Waals surface area contributed by atoms with Gasteiger partial charge in [0.25, 0.3) is 11.8 Å². The van der Waals surface area contributed by atoms with Gasteiger partial charge >= 0.3 is 0 Å². The van der Waals surface area contributed by atoms with E-state index in [-0.39, 0.29) is 16.2 Å². The number of fused-ring (bicyclic) bond motifs is 1. The molecule has 1 fully saturated rings. The Morgan fingerprint density at radius 3 is 2.41 bits per heavy atom. The molecule has 1 N–H and O–H groups in total. The largest absolute Gasteiger partial charge is 0.364 e. The molecule has 0 saturated carbocycles. The number of thiocarbonyl (C=S) groups is 1. The van der Waals surface area contributed by atoms with Crippen LogP contribution < -0.4 is 15.1 Å². The number of anilines is 2. The average Bonchev–Trinajstić information content (AvgIpc) is 2.72. The third-order valence-electron chi connectivity index (χ3n) is 6.82. The summed E-state index contributed by atoms with van der Waals surface area (Å²) in [7, 11) is 0. The van der Waals surface area contributed by atoms with Crippen molar-refractivity contribution in [2.75, 3.05) is 9.80 Å². The summed E-state index contributed by atoms with van der Waals surface area (Å²) in [6, 6.07) is 12.4. The number of nitrogens with one attached hydrogen (secondary N) is 1. The maximum absolute atomic E-state index is 13.5. The summed E-state index contributed by atoms with van der Waals surface area (Å²) < 4.78 is 0. The van der Waals surface area contributed by atoms with Crippen LogP contribution in [0.5, 0.6) is 0 Å². The fourth-order valence-electron chi connectivity index (χ4n) is 5.64. The predicted molar refractivity (Wildman–Crippen MR) is 143 cm³/mol. The molecule has 0 unspecified atom stereocenters. The molecule has 1 saturated heterocycles. The van der Waals surface area contributed by atoms with E-state index in [9.17, 15) is 9.59 Å². The second-order valence-corrected chi connectivity index (χ2v) is 10.8. The van der Waals surface area contributed by atoms with E-state index in [2.05, 4.69) is 57.0 Å². The Labute approximate surface area is 207 Å². The van der Waals surface area contributed by atoms with Crippen molar-refractivity contribution >= 4 is 46.6 Å². The maximum atomic E-state index is 13.5. The van der Waals surface area contributed by atoms with E-state index in [1.807, 2.05) is 38.1 Å². The van der Waals surface area contributed by atoms with Crippen molar-refractivity contribution in [1.82, 2.24) is 5.32 Å². The fraction of sp³-hybridized carbons (Fsp3) is 0.393. The number of hydrogen-bond donors (Lipinski definition) is 1. The van der Waals surface area contributed by atoms with Crippen LogP contribution in [0.1, 0.15) is 69.2 Å². The second-order valence-electron chi connectivity index (χ2n) is 10.4. The highest BCUT2D eigenvalue weighted by molar-refractivity contribution is 7.80. The van der Waals surface area contributed by atoms with E-state index >= 15 is 0 Å². The van der Waals surface area contributed by atoms with Gasteiger partial charge in [-0.05, 0) is 107 Å². The van der Waals surface area contributed by atoms with Crippen LogP contribution >= 0.6 is 12.2 Å². The molecular formula is C28H33N3O2S. The summed E-state index contributed by atoms with van der Waals surface area (Å²) in [4.78, 5) is 30.1. The number of nitrogens with zero attached hydrogens (tertiary/aromatic N) is 2. The summed E-state index contributed by atoms with van der Waals surface area (Å²) in [6.45, 7) is 15.2. The Bertz CT molecular complexity index is 1230. The Hall–Kier alpha value is -2.99. The van der Waals surface area contributed by atoms with Crippen LogP contribution in [0, 0.1) is 13.8 Å². The zero-order valence-corrected chi connectivity index (χ0v) is 21.8. The molecule has 2 aliphatic heterocycles. The number of aryl methyl sites for hydroxylation is 2. The normalized spacial score (nSPS) is 21.2. The minimum absolute atomic E-state index is 0.0574. The molecule has 5 nitrogen and oxygen atoms in total. The lowest BCUT2D eigenvalue weighted by Gasteiger charge is -2.50. The lowest BCUT2D eigenvalue weighted by atomic mass is 9.78. The fourth-order valence-corrected chi connectivity index (χ4v) is 5.91. The van der Waals surface area contributed by atoms with Crippen molar-refractivity contribution in [3.63, 3.8) is 0 Å². The minimum Gasteiger partial charge on any atom is -0.364 e. The summed E-state index contributed by atoms with van der Waals surface area (Å²) in [5.41, 5.74) is 6.14. The molecule has 2 amide bonds. The topological polar surface area (TPSA) is 52.7 Å². The molecule has 2 aromatic rings. The van der Waals surface area contributed by atoms with Crippen LogP contribution in [0.25, 0.3) is 6.08 Å². The first-order chi connectivity index (χ1) is 15.9. The van der Waals surface area contributed by atoms with Gasteiger partial charge in [-0.25, -0.2) is 0 Å². The molecule has 0 aliphatic carbocycles. The molecule has 178 valence electrons. The number of carbonyl (C=O) groups excluding carboxylic acids is 2. The van der Waals surface area contributed by atoms with Gasteiger partial charge in [0, 0.05) is 17.3 Å². The highest BCUT2D eigenvalue weighted by Crippen LogP contribution is 2.44. The standard InChI is InChI=1S/C28H33N3O2S/c1-16(2)31-24-11-9-20(13-21(24)19(5)15-28(31,6)7)14-22-25(32)29-27(34)30(26(22)33)23-10-8-17(3)12-18(23)4/h8-14,16,19H,15H2,1-7H3,(H,29,32,34)/b22-14+/t19-/m1/s1. The molecular weight excluding hydrogens is 442 g/mol. The molecule has 0 spiro atoms. The Morgan fingerprint density at radius 1 is 1.09 bits per heavy atom. The molecule has 0 bridgehead atoms. The molecule has 2 heterocycles. The van der Waals surface area contributed by atoms with E-state index in [1.54, 1.807) is 6.08 Å². The Morgan fingerprint density at radius 2 is 1.76 bits per heavy atom. The SMILES string of the molecule is Cc1ccc(N2C(=O)/C(=C/c3ccc4c(c3)[C@H](C)CC(C)(C)N4C(C)C)C(=O)NC2=S)c(C)c1. The molecule has 2 aliphatic rings. The van der Waals surface area contributed by atoms with Crippen molar-refractivity contribution in [2.45, 2.75) is 72.4 Å². The Kier molecular flexibility index (Phi) is 6.15. The minimum atomic E-state index is -0.466. The summed E-state index contributed by atoms with van der Waals surface area (Å²) in [6.07, 6.45) is 2.72. The van der Waals surface area contributed by atoms with Crippen LogP contribution in [0.15, 0.2) is 42.0 Å². The second kappa shape index (κ2) is 8.66. The van der Waals surface area contributed by atoms with Gasteiger partial charge in [-0.1, -0.05) is 30.7 Å². The summed E-state index contributed by atoms with van der Waals surface area (Å²) in [5.74, 6) is -0.503. The number of hydrogen-bond acceptors (Lipinski definition) is 4. The third-order valence-corrected chi connectivity index (χ3v) is 7.11. The van der Waals surface area contributed by atoms with E-state index in [4.69, 9.17) is 12.2 Å². The van der Waals surface area contributed by atoms with Crippen LogP contribution in [-0.4, -0.2) is 28.5 Å². The third kappa shape index (κ3) is 4.16. The van der Waals surface area contributed by atoms with E-state index < -0.39 is 11.8 Å². The first-order valence-corrected chi connectivity index (χ1v) is 12.2. The van der Waals surface area contributed by atoms with Gasteiger partial charge in [-0.2, -0.15) is 0 Å². The highest BCUT2D eigenvalue weighted by Gasteiger charge is 2.38. The molecule has 0 aromatic heterocycles. The van der Waals surface area contributed by atoms with Crippen LogP contribution in [0.4, 0.5) is 11.4 Å². The lowest BCUT2D eigenvalue weighted by molar-refractivity contribution is -0.122. The van der Waals surface area contributed by atoms with Crippen molar-refractivity contribution in [3.05, 3.63) is 64.2 Å². The number of carbonyl (C=O) groups is 2.